The number of rotatable bonds is 2. The van der Waals surface area contributed by atoms with Crippen LogP contribution in [0, 0.1) is 0 Å². The molecule has 0 spiro atoms. The average molecular weight is 313 g/mol. The van der Waals surface area contributed by atoms with E-state index in [0.29, 0.717) is 15.9 Å². The zero-order valence-corrected chi connectivity index (χ0v) is 10.9. The maximum Gasteiger partial charge on any atom is 0.255 e. The molecule has 2 aromatic rings. The summed E-state index contributed by atoms with van der Waals surface area (Å²) < 4.78 is 0.711. The Bertz CT molecular complexity index is 545. The molecule has 2 rings (SSSR count). The van der Waals surface area contributed by atoms with Crippen LogP contribution in [0.2, 0.25) is 5.15 Å². The topological polar surface area (TPSA) is 54.9 Å². The molecule has 0 aromatic carbocycles. The Hall–Kier alpha value is -1.46. The first-order valence-corrected chi connectivity index (χ1v) is 5.87. The fourth-order valence-corrected chi connectivity index (χ4v) is 1.61. The van der Waals surface area contributed by atoms with Crippen molar-refractivity contribution in [3.05, 3.63) is 52.0 Å². The highest BCUT2D eigenvalue weighted by atomic mass is 79.9. The van der Waals surface area contributed by atoms with Crippen molar-refractivity contribution in [3.63, 3.8) is 0 Å². The van der Waals surface area contributed by atoms with E-state index in [4.69, 9.17) is 11.6 Å². The van der Waals surface area contributed by atoms with Crippen LogP contribution in [0.4, 0.5) is 5.69 Å². The average Bonchev–Trinajstić information content (AvgIpc) is 2.32. The molecule has 6 heteroatoms. The molecule has 0 aliphatic carbocycles. The van der Waals surface area contributed by atoms with Gasteiger partial charge in [0.15, 0.2) is 0 Å². The number of carbonyl (C=O) groups excluding carboxylic acids is 1. The van der Waals surface area contributed by atoms with E-state index in [0.717, 1.165) is 0 Å². The number of hydrogen-bond acceptors (Lipinski definition) is 3. The van der Waals surface area contributed by atoms with Gasteiger partial charge in [0.25, 0.3) is 5.91 Å². The number of anilines is 1. The number of nitrogens with one attached hydrogen (secondary N) is 1. The molecular weight excluding hydrogens is 305 g/mol. The summed E-state index contributed by atoms with van der Waals surface area (Å²) in [7, 11) is 0. The summed E-state index contributed by atoms with van der Waals surface area (Å²) in [6.45, 7) is 0. The smallest absolute Gasteiger partial charge is 0.255 e. The zero-order valence-electron chi connectivity index (χ0n) is 8.52. The van der Waals surface area contributed by atoms with E-state index in [-0.39, 0.29) is 11.1 Å². The summed E-state index contributed by atoms with van der Waals surface area (Å²) in [6, 6.07) is 6.59. The van der Waals surface area contributed by atoms with E-state index >= 15 is 0 Å². The lowest BCUT2D eigenvalue weighted by atomic mass is 10.2. The van der Waals surface area contributed by atoms with Crippen LogP contribution >= 0.6 is 27.5 Å². The van der Waals surface area contributed by atoms with Crippen molar-refractivity contribution in [2.45, 2.75) is 0 Å². The molecule has 0 radical (unpaired) electrons. The zero-order chi connectivity index (χ0) is 12.3. The van der Waals surface area contributed by atoms with Crippen LogP contribution in [0.1, 0.15) is 10.4 Å². The molecule has 0 unspecified atom stereocenters. The van der Waals surface area contributed by atoms with Crippen LogP contribution in [0.5, 0.6) is 0 Å². The summed E-state index contributed by atoms with van der Waals surface area (Å²) in [5, 5.41) is 2.99. The van der Waals surface area contributed by atoms with Crippen LogP contribution in [0.3, 0.4) is 0 Å². The largest absolute Gasteiger partial charge is 0.321 e. The first-order chi connectivity index (χ1) is 8.15. The van der Waals surface area contributed by atoms with E-state index in [9.17, 15) is 4.79 Å². The summed E-state index contributed by atoms with van der Waals surface area (Å²) in [5.41, 5.74) is 1.07. The molecule has 0 fully saturated rings. The minimum absolute atomic E-state index is 0.251. The fraction of sp³-hybridized carbons (Fsp3) is 0. The van der Waals surface area contributed by atoms with Gasteiger partial charge in [-0.15, -0.1) is 0 Å². The quantitative estimate of drug-likeness (QED) is 0.867. The molecule has 1 N–H and O–H groups in total. The van der Waals surface area contributed by atoms with Gasteiger partial charge in [-0.25, -0.2) is 9.97 Å². The highest BCUT2D eigenvalue weighted by Gasteiger charge is 2.06. The van der Waals surface area contributed by atoms with Gasteiger partial charge in [0.2, 0.25) is 0 Å². The van der Waals surface area contributed by atoms with Gasteiger partial charge in [-0.2, -0.15) is 0 Å². The number of nitrogens with zero attached hydrogens (tertiary/aromatic N) is 2. The normalized spacial score (nSPS) is 10.0. The predicted molar refractivity (Wildman–Crippen MR) is 69.1 cm³/mol. The number of pyridine rings is 2. The van der Waals surface area contributed by atoms with Crippen molar-refractivity contribution in [2.24, 2.45) is 0 Å². The molecule has 2 aromatic heterocycles. The Balaban J connectivity index is 2.14. The summed E-state index contributed by atoms with van der Waals surface area (Å²) in [6.07, 6.45) is 3.04. The molecule has 0 aliphatic rings. The third kappa shape index (κ3) is 3.25. The second-order valence-electron chi connectivity index (χ2n) is 3.19. The lowest BCUT2D eigenvalue weighted by molar-refractivity contribution is 0.102. The highest BCUT2D eigenvalue weighted by molar-refractivity contribution is 9.10. The second-order valence-corrected chi connectivity index (χ2v) is 4.39. The highest BCUT2D eigenvalue weighted by Crippen LogP contribution is 2.13. The number of aromatic nitrogens is 2. The standard InChI is InChI=1S/C11H7BrClN3O/c12-9-2-1-8(6-15-9)16-11(17)7-3-4-14-10(13)5-7/h1-6H,(H,16,17). The molecule has 1 amide bonds. The van der Waals surface area contributed by atoms with Gasteiger partial charge in [-0.3, -0.25) is 4.79 Å². The molecule has 4 nitrogen and oxygen atoms in total. The van der Waals surface area contributed by atoms with E-state index < -0.39 is 0 Å². The van der Waals surface area contributed by atoms with E-state index in [1.54, 1.807) is 24.4 Å². The summed E-state index contributed by atoms with van der Waals surface area (Å²) >= 11 is 8.92. The van der Waals surface area contributed by atoms with E-state index in [2.05, 4.69) is 31.2 Å². The van der Waals surface area contributed by atoms with Crippen molar-refractivity contribution in [3.8, 4) is 0 Å². The Kier molecular flexibility index (Phi) is 3.71. The molecule has 0 bridgehead atoms. The van der Waals surface area contributed by atoms with Crippen LogP contribution in [0.25, 0.3) is 0 Å². The van der Waals surface area contributed by atoms with Crippen molar-refractivity contribution in [1.29, 1.82) is 0 Å². The first-order valence-electron chi connectivity index (χ1n) is 4.69. The molecule has 0 saturated carbocycles. The molecule has 0 aliphatic heterocycles. The Morgan fingerprint density at radius 3 is 2.76 bits per heavy atom. The number of carbonyl (C=O) groups is 1. The summed E-state index contributed by atoms with van der Waals surface area (Å²) in [4.78, 5) is 19.6. The molecule has 2 heterocycles. The van der Waals surface area contributed by atoms with Gasteiger partial charge in [0.05, 0.1) is 11.9 Å². The van der Waals surface area contributed by atoms with Crippen molar-refractivity contribution < 1.29 is 4.79 Å². The SMILES string of the molecule is O=C(Nc1ccc(Br)nc1)c1ccnc(Cl)c1. The molecule has 0 saturated heterocycles. The molecule has 0 atom stereocenters. The van der Waals surface area contributed by atoms with Crippen molar-refractivity contribution >= 4 is 39.1 Å². The van der Waals surface area contributed by atoms with Crippen molar-refractivity contribution in [2.75, 3.05) is 5.32 Å². The Morgan fingerprint density at radius 1 is 1.29 bits per heavy atom. The number of hydrogen-bond donors (Lipinski definition) is 1. The fourth-order valence-electron chi connectivity index (χ4n) is 1.20. The van der Waals surface area contributed by atoms with Gasteiger partial charge in [0.1, 0.15) is 9.76 Å². The minimum atomic E-state index is -0.251. The van der Waals surface area contributed by atoms with E-state index in [1.807, 2.05) is 0 Å². The van der Waals surface area contributed by atoms with Crippen molar-refractivity contribution in [1.82, 2.24) is 9.97 Å². The third-order valence-corrected chi connectivity index (χ3v) is 2.65. The monoisotopic (exact) mass is 311 g/mol. The first kappa shape index (κ1) is 12.0. The maximum absolute atomic E-state index is 11.8. The maximum atomic E-state index is 11.8. The number of halogens is 2. The summed E-state index contributed by atoms with van der Waals surface area (Å²) in [5.74, 6) is -0.251. The molecule has 86 valence electrons. The predicted octanol–water partition coefficient (Wildman–Crippen LogP) is 3.14. The third-order valence-electron chi connectivity index (χ3n) is 1.97. The lowest BCUT2D eigenvalue weighted by Gasteiger charge is -2.04. The van der Waals surface area contributed by atoms with Crippen LogP contribution in [0.15, 0.2) is 41.3 Å². The van der Waals surface area contributed by atoms with Gasteiger partial charge >= 0.3 is 0 Å². The van der Waals surface area contributed by atoms with Crippen LogP contribution in [-0.2, 0) is 0 Å². The van der Waals surface area contributed by atoms with Crippen LogP contribution in [-0.4, -0.2) is 15.9 Å². The Labute approximate surface area is 111 Å². The molecular formula is C11H7BrClN3O. The van der Waals surface area contributed by atoms with E-state index in [1.165, 1.54) is 12.3 Å². The van der Waals surface area contributed by atoms with Gasteiger partial charge in [-0.05, 0) is 40.2 Å². The van der Waals surface area contributed by atoms with Gasteiger partial charge < -0.3 is 5.32 Å². The van der Waals surface area contributed by atoms with Crippen LogP contribution < -0.4 is 5.32 Å². The lowest BCUT2D eigenvalue weighted by Crippen LogP contribution is -2.12. The Morgan fingerprint density at radius 2 is 2.12 bits per heavy atom. The van der Waals surface area contributed by atoms with Gasteiger partial charge in [0, 0.05) is 11.8 Å². The minimum Gasteiger partial charge on any atom is -0.321 e. The number of amides is 1. The second kappa shape index (κ2) is 5.25. The molecule has 17 heavy (non-hydrogen) atoms. The van der Waals surface area contributed by atoms with Gasteiger partial charge in [-0.1, -0.05) is 11.6 Å².